The lowest BCUT2D eigenvalue weighted by Gasteiger charge is -1.92. The van der Waals surface area contributed by atoms with Crippen molar-refractivity contribution < 1.29 is 4.42 Å². The second-order valence-corrected chi connectivity index (χ2v) is 3.96. The molecule has 0 radical (unpaired) electrons. The first-order valence-corrected chi connectivity index (χ1v) is 5.57. The molecule has 3 aromatic heterocycles. The molecular weight excluding hydrogens is 222 g/mol. The van der Waals surface area contributed by atoms with E-state index >= 15 is 0 Å². The summed E-state index contributed by atoms with van der Waals surface area (Å²) >= 11 is 1.53. The predicted molar refractivity (Wildman–Crippen MR) is 60.8 cm³/mol. The fourth-order valence-electron chi connectivity index (χ4n) is 1.34. The number of hydrogen-bond donors (Lipinski definition) is 0. The van der Waals surface area contributed by atoms with Crippen LogP contribution in [0.3, 0.4) is 0 Å². The van der Waals surface area contributed by atoms with Crippen LogP contribution in [-0.2, 0) is 0 Å². The van der Waals surface area contributed by atoms with Crippen LogP contribution in [0.15, 0.2) is 46.8 Å². The van der Waals surface area contributed by atoms with Crippen LogP contribution in [0, 0.1) is 0 Å². The largest absolute Gasteiger partial charge is 0.462 e. The van der Waals surface area contributed by atoms with Crippen molar-refractivity contribution >= 4 is 11.3 Å². The number of nitrogens with zero attached hydrogens (tertiary/aromatic N) is 3. The zero-order valence-electron chi connectivity index (χ0n) is 8.20. The monoisotopic (exact) mass is 229 g/mol. The maximum atomic E-state index is 5.28. The van der Waals surface area contributed by atoms with Crippen molar-refractivity contribution in [1.29, 1.82) is 0 Å². The molecule has 0 spiro atoms. The number of furan rings is 1. The summed E-state index contributed by atoms with van der Waals surface area (Å²) in [5.41, 5.74) is 1.60. The third-order valence-corrected chi connectivity index (χ3v) is 2.92. The Bertz CT molecular complexity index is 574. The molecule has 78 valence electrons. The Hall–Kier alpha value is -2.01. The van der Waals surface area contributed by atoms with Crippen LogP contribution < -0.4 is 0 Å². The van der Waals surface area contributed by atoms with E-state index in [9.17, 15) is 0 Å². The van der Waals surface area contributed by atoms with Crippen LogP contribution in [0.1, 0.15) is 0 Å². The summed E-state index contributed by atoms with van der Waals surface area (Å²) in [7, 11) is 0. The highest BCUT2D eigenvalue weighted by molar-refractivity contribution is 7.13. The van der Waals surface area contributed by atoms with Gasteiger partial charge in [-0.15, -0.1) is 11.3 Å². The van der Waals surface area contributed by atoms with E-state index in [2.05, 4.69) is 15.0 Å². The first kappa shape index (κ1) is 9.23. The molecule has 3 heterocycles. The molecule has 0 saturated carbocycles. The molecule has 16 heavy (non-hydrogen) atoms. The van der Waals surface area contributed by atoms with Crippen molar-refractivity contribution in [2.45, 2.75) is 0 Å². The van der Waals surface area contributed by atoms with Gasteiger partial charge in [-0.3, -0.25) is 9.97 Å². The first-order valence-electron chi connectivity index (χ1n) is 4.69. The highest BCUT2D eigenvalue weighted by Crippen LogP contribution is 2.27. The van der Waals surface area contributed by atoms with Crippen molar-refractivity contribution in [3.63, 3.8) is 0 Å². The third-order valence-electron chi connectivity index (χ3n) is 2.06. The van der Waals surface area contributed by atoms with E-state index in [0.29, 0.717) is 0 Å². The zero-order valence-corrected chi connectivity index (χ0v) is 9.02. The van der Waals surface area contributed by atoms with Gasteiger partial charge in [0, 0.05) is 17.8 Å². The van der Waals surface area contributed by atoms with Crippen molar-refractivity contribution in [1.82, 2.24) is 15.0 Å². The Balaban J connectivity index is 2.00. The number of hydrogen-bond acceptors (Lipinski definition) is 5. The maximum Gasteiger partial charge on any atom is 0.162 e. The van der Waals surface area contributed by atoms with Crippen LogP contribution in [0.2, 0.25) is 0 Å². The van der Waals surface area contributed by atoms with Gasteiger partial charge in [-0.05, 0) is 12.1 Å². The Morgan fingerprint density at radius 2 is 2.19 bits per heavy atom. The number of aromatic nitrogens is 3. The van der Waals surface area contributed by atoms with E-state index in [4.69, 9.17) is 4.42 Å². The van der Waals surface area contributed by atoms with Gasteiger partial charge in [0.25, 0.3) is 0 Å². The summed E-state index contributed by atoms with van der Waals surface area (Å²) in [6, 6.07) is 3.73. The fraction of sp³-hybridized carbons (Fsp3) is 0. The van der Waals surface area contributed by atoms with E-state index in [1.54, 1.807) is 24.9 Å². The molecule has 0 saturated heterocycles. The van der Waals surface area contributed by atoms with Crippen LogP contribution in [0.5, 0.6) is 0 Å². The average Bonchev–Trinajstić information content (AvgIpc) is 3.01. The Morgan fingerprint density at radius 3 is 2.94 bits per heavy atom. The van der Waals surface area contributed by atoms with Gasteiger partial charge in [-0.25, -0.2) is 4.98 Å². The second-order valence-electron chi connectivity index (χ2n) is 3.11. The van der Waals surface area contributed by atoms with Crippen molar-refractivity contribution in [3.8, 4) is 22.2 Å². The van der Waals surface area contributed by atoms with Gasteiger partial charge in [-0.1, -0.05) is 0 Å². The first-order chi connectivity index (χ1) is 7.93. The number of rotatable bonds is 2. The van der Waals surface area contributed by atoms with Gasteiger partial charge in [0.2, 0.25) is 0 Å². The standard InChI is InChI=1S/C11H7N3OS/c1-2-10(15-5-1)11-14-9(7-16-11)8-6-12-3-4-13-8/h1-7H. The van der Waals surface area contributed by atoms with Gasteiger partial charge >= 0.3 is 0 Å². The van der Waals surface area contributed by atoms with E-state index < -0.39 is 0 Å². The molecule has 0 atom stereocenters. The topological polar surface area (TPSA) is 51.8 Å². The summed E-state index contributed by atoms with van der Waals surface area (Å²) in [5, 5.41) is 2.80. The van der Waals surface area contributed by atoms with Crippen LogP contribution >= 0.6 is 11.3 Å². The molecule has 0 aliphatic carbocycles. The van der Waals surface area contributed by atoms with E-state index in [1.165, 1.54) is 11.3 Å². The summed E-state index contributed by atoms with van der Waals surface area (Å²) in [6.45, 7) is 0. The molecule has 0 unspecified atom stereocenters. The maximum absolute atomic E-state index is 5.28. The lowest BCUT2D eigenvalue weighted by atomic mass is 10.3. The summed E-state index contributed by atoms with van der Waals surface area (Å²) in [5.74, 6) is 0.778. The normalized spacial score (nSPS) is 10.5. The smallest absolute Gasteiger partial charge is 0.162 e. The molecular formula is C11H7N3OS. The van der Waals surface area contributed by atoms with Gasteiger partial charge in [-0.2, -0.15) is 0 Å². The quantitative estimate of drug-likeness (QED) is 0.678. The Labute approximate surface area is 95.6 Å². The van der Waals surface area contributed by atoms with E-state index in [-0.39, 0.29) is 0 Å². The summed E-state index contributed by atoms with van der Waals surface area (Å²) in [4.78, 5) is 12.7. The highest BCUT2D eigenvalue weighted by Gasteiger charge is 2.08. The molecule has 0 fully saturated rings. The minimum absolute atomic E-state index is 0.775. The lowest BCUT2D eigenvalue weighted by Crippen LogP contribution is -1.83. The number of thiazole rings is 1. The SMILES string of the molecule is c1coc(-c2nc(-c3cnccn3)cs2)c1. The van der Waals surface area contributed by atoms with E-state index in [0.717, 1.165) is 22.2 Å². The summed E-state index contributed by atoms with van der Waals surface area (Å²) < 4.78 is 5.28. The zero-order chi connectivity index (χ0) is 10.8. The van der Waals surface area contributed by atoms with Crippen LogP contribution in [-0.4, -0.2) is 15.0 Å². The summed E-state index contributed by atoms with van der Waals surface area (Å²) in [6.07, 6.45) is 6.63. The minimum atomic E-state index is 0.775. The molecule has 0 aliphatic rings. The molecule has 0 aliphatic heterocycles. The van der Waals surface area contributed by atoms with Gasteiger partial charge in [0.1, 0.15) is 11.4 Å². The molecule has 0 amide bonds. The second kappa shape index (κ2) is 3.86. The van der Waals surface area contributed by atoms with Crippen molar-refractivity contribution in [2.24, 2.45) is 0 Å². The molecule has 0 N–H and O–H groups in total. The molecule has 0 aromatic carbocycles. The third kappa shape index (κ3) is 1.61. The van der Waals surface area contributed by atoms with Gasteiger partial charge < -0.3 is 4.42 Å². The fourth-order valence-corrected chi connectivity index (χ4v) is 2.12. The molecule has 3 aromatic rings. The minimum Gasteiger partial charge on any atom is -0.462 e. The average molecular weight is 229 g/mol. The van der Waals surface area contributed by atoms with Crippen LogP contribution in [0.4, 0.5) is 0 Å². The molecule has 4 nitrogen and oxygen atoms in total. The van der Waals surface area contributed by atoms with Crippen molar-refractivity contribution in [2.75, 3.05) is 0 Å². The van der Waals surface area contributed by atoms with Gasteiger partial charge in [0.05, 0.1) is 12.5 Å². The molecule has 0 bridgehead atoms. The van der Waals surface area contributed by atoms with Gasteiger partial charge in [0.15, 0.2) is 10.8 Å². The van der Waals surface area contributed by atoms with E-state index in [1.807, 2.05) is 17.5 Å². The lowest BCUT2D eigenvalue weighted by molar-refractivity contribution is 0.582. The highest BCUT2D eigenvalue weighted by atomic mass is 32.1. The Kier molecular flexibility index (Phi) is 2.23. The molecule has 5 heteroatoms. The van der Waals surface area contributed by atoms with Crippen LogP contribution in [0.25, 0.3) is 22.2 Å². The Morgan fingerprint density at radius 1 is 1.19 bits per heavy atom. The molecule has 3 rings (SSSR count). The predicted octanol–water partition coefficient (Wildman–Crippen LogP) is 2.86. The van der Waals surface area contributed by atoms with Crippen molar-refractivity contribution in [3.05, 3.63) is 42.4 Å².